The Hall–Kier alpha value is -0.290. The summed E-state index contributed by atoms with van der Waals surface area (Å²) in [5.41, 5.74) is 0. The molecule has 86 valence electrons. The molecule has 0 N–H and O–H groups in total. The van der Waals surface area contributed by atoms with Crippen LogP contribution >= 0.6 is 11.8 Å². The number of hydrogen-bond acceptors (Lipinski definition) is 4. The Morgan fingerprint density at radius 1 is 1.33 bits per heavy atom. The van der Waals surface area contributed by atoms with Gasteiger partial charge in [-0.05, 0) is 12.2 Å². The van der Waals surface area contributed by atoms with Gasteiger partial charge in [0.15, 0.2) is 15.6 Å². The molecule has 0 atom stereocenters. The Morgan fingerprint density at radius 2 is 2.07 bits per heavy atom. The van der Waals surface area contributed by atoms with Crippen LogP contribution in [0.15, 0.2) is 10.3 Å². The van der Waals surface area contributed by atoms with E-state index in [1.165, 1.54) is 24.6 Å². The fourth-order valence-electron chi connectivity index (χ4n) is 1.35. The van der Waals surface area contributed by atoms with Gasteiger partial charge in [0.1, 0.15) is 5.75 Å². The van der Waals surface area contributed by atoms with E-state index in [1.54, 1.807) is 0 Å². The maximum Gasteiger partial charge on any atom is 0.185 e. The van der Waals surface area contributed by atoms with Gasteiger partial charge in [-0.1, -0.05) is 26.2 Å². The first-order chi connectivity index (χ1) is 7.05. The molecule has 0 spiro atoms. The highest BCUT2D eigenvalue weighted by Gasteiger charge is 2.26. The zero-order chi connectivity index (χ0) is 11.3. The summed E-state index contributed by atoms with van der Waals surface area (Å²) in [6.07, 6.45) is 4.58. The number of sulfone groups is 1. The third-order valence-corrected chi connectivity index (χ3v) is 4.71. The molecular formula is C10H16O3S2. The third-order valence-electron chi connectivity index (χ3n) is 2.15. The molecular weight excluding hydrogens is 232 g/mol. The molecule has 0 radical (unpaired) electrons. The van der Waals surface area contributed by atoms with Crippen LogP contribution in [0.2, 0.25) is 0 Å². The zero-order valence-corrected chi connectivity index (χ0v) is 10.5. The summed E-state index contributed by atoms with van der Waals surface area (Å²) in [4.78, 5) is 11.7. The molecule has 0 aromatic carbocycles. The van der Waals surface area contributed by atoms with Gasteiger partial charge >= 0.3 is 0 Å². The quantitative estimate of drug-likeness (QED) is 0.676. The Morgan fingerprint density at radius 3 is 2.60 bits per heavy atom. The minimum absolute atomic E-state index is 0.240. The van der Waals surface area contributed by atoms with Crippen molar-refractivity contribution in [3.8, 4) is 0 Å². The van der Waals surface area contributed by atoms with E-state index >= 15 is 0 Å². The number of hydrogen-bond donors (Lipinski definition) is 0. The van der Waals surface area contributed by atoms with Crippen LogP contribution in [0.4, 0.5) is 0 Å². The van der Waals surface area contributed by atoms with Crippen LogP contribution in [0, 0.1) is 0 Å². The van der Waals surface area contributed by atoms with Gasteiger partial charge in [0.2, 0.25) is 0 Å². The van der Waals surface area contributed by atoms with E-state index in [0.29, 0.717) is 4.91 Å². The van der Waals surface area contributed by atoms with Crippen LogP contribution in [0.3, 0.4) is 0 Å². The lowest BCUT2D eigenvalue weighted by Crippen LogP contribution is -2.04. The topological polar surface area (TPSA) is 51.2 Å². The van der Waals surface area contributed by atoms with Gasteiger partial charge in [0.05, 0.1) is 4.91 Å². The minimum Gasteiger partial charge on any atom is -0.292 e. The van der Waals surface area contributed by atoms with Crippen molar-refractivity contribution in [2.45, 2.75) is 32.6 Å². The lowest BCUT2D eigenvalue weighted by Gasteiger charge is -1.99. The fourth-order valence-corrected chi connectivity index (χ4v) is 4.02. The third kappa shape index (κ3) is 4.38. The maximum atomic E-state index is 11.2. The van der Waals surface area contributed by atoms with Crippen molar-refractivity contribution in [1.29, 1.82) is 0 Å². The highest BCUT2D eigenvalue weighted by molar-refractivity contribution is 8.06. The first-order valence-corrected chi connectivity index (χ1v) is 7.85. The summed E-state index contributed by atoms with van der Waals surface area (Å²) >= 11 is 1.38. The first-order valence-electron chi connectivity index (χ1n) is 5.15. The monoisotopic (exact) mass is 248 g/mol. The summed E-state index contributed by atoms with van der Waals surface area (Å²) in [7, 11) is -3.22. The van der Waals surface area contributed by atoms with Gasteiger partial charge in [-0.15, -0.1) is 11.8 Å². The van der Waals surface area contributed by atoms with Crippen molar-refractivity contribution >= 4 is 27.4 Å². The van der Waals surface area contributed by atoms with Gasteiger partial charge in [-0.3, -0.25) is 4.79 Å². The molecule has 3 nitrogen and oxygen atoms in total. The van der Waals surface area contributed by atoms with E-state index in [1.807, 2.05) is 0 Å². The molecule has 1 aliphatic rings. The van der Waals surface area contributed by atoms with Crippen LogP contribution < -0.4 is 0 Å². The molecule has 0 fully saturated rings. The van der Waals surface area contributed by atoms with Crippen molar-refractivity contribution < 1.29 is 13.2 Å². The number of carbonyl (C=O) groups excluding carboxylic acids is 1. The lowest BCUT2D eigenvalue weighted by atomic mass is 10.2. The molecule has 1 heterocycles. The van der Waals surface area contributed by atoms with Crippen LogP contribution in [-0.4, -0.2) is 25.7 Å². The number of rotatable bonds is 6. The van der Waals surface area contributed by atoms with Crippen LogP contribution in [0.1, 0.15) is 32.6 Å². The van der Waals surface area contributed by atoms with Crippen LogP contribution in [0.25, 0.3) is 0 Å². The SMILES string of the molecule is CCCCCCSC1=CS(=O)(=O)CC1=O. The second kappa shape index (κ2) is 5.70. The van der Waals surface area contributed by atoms with Gasteiger partial charge in [-0.25, -0.2) is 8.42 Å². The Balaban J connectivity index is 2.31. The number of allylic oxidation sites excluding steroid dienone is 1. The number of thioether (sulfide) groups is 1. The second-order valence-corrected chi connectivity index (χ2v) is 6.61. The molecule has 1 aliphatic heterocycles. The van der Waals surface area contributed by atoms with Gasteiger partial charge in [0.25, 0.3) is 0 Å². The van der Waals surface area contributed by atoms with E-state index < -0.39 is 9.84 Å². The van der Waals surface area contributed by atoms with E-state index in [-0.39, 0.29) is 11.5 Å². The highest BCUT2D eigenvalue weighted by atomic mass is 32.2. The standard InChI is InChI=1S/C10H16O3S2/c1-2-3-4-5-6-14-10-8-15(12,13)7-9(10)11/h8H,2-7H2,1H3. The summed E-state index contributed by atoms with van der Waals surface area (Å²) < 4.78 is 22.2. The second-order valence-electron chi connectivity index (χ2n) is 3.62. The number of unbranched alkanes of at least 4 members (excludes halogenated alkanes) is 3. The molecule has 1 rings (SSSR count). The van der Waals surface area contributed by atoms with Crippen molar-refractivity contribution in [1.82, 2.24) is 0 Å². The Kier molecular flexibility index (Phi) is 4.86. The normalized spacial score (nSPS) is 19.3. The average molecular weight is 248 g/mol. The Bertz CT molecular complexity index is 355. The lowest BCUT2D eigenvalue weighted by molar-refractivity contribution is -0.112. The van der Waals surface area contributed by atoms with Gasteiger partial charge in [-0.2, -0.15) is 0 Å². The van der Waals surface area contributed by atoms with Crippen LogP contribution in [-0.2, 0) is 14.6 Å². The molecule has 0 unspecified atom stereocenters. The average Bonchev–Trinajstić information content (AvgIpc) is 2.39. The molecule has 0 aromatic rings. The maximum absolute atomic E-state index is 11.2. The number of Topliss-reactive ketones (excluding diaryl/α,β-unsaturated/α-hetero) is 1. The first kappa shape index (κ1) is 12.8. The minimum atomic E-state index is -3.22. The summed E-state index contributed by atoms with van der Waals surface area (Å²) in [6.45, 7) is 2.14. The summed E-state index contributed by atoms with van der Waals surface area (Å²) in [5, 5.41) is 1.12. The summed E-state index contributed by atoms with van der Waals surface area (Å²) in [5.74, 6) is 0.271. The molecule has 15 heavy (non-hydrogen) atoms. The molecule has 0 saturated carbocycles. The highest BCUT2D eigenvalue weighted by Crippen LogP contribution is 2.25. The molecule has 0 amide bonds. The van der Waals surface area contributed by atoms with E-state index in [4.69, 9.17) is 0 Å². The summed E-state index contributed by atoms with van der Waals surface area (Å²) in [6, 6.07) is 0. The van der Waals surface area contributed by atoms with E-state index in [2.05, 4.69) is 6.92 Å². The van der Waals surface area contributed by atoms with Crippen molar-refractivity contribution in [2.24, 2.45) is 0 Å². The largest absolute Gasteiger partial charge is 0.292 e. The number of ketones is 1. The van der Waals surface area contributed by atoms with Crippen molar-refractivity contribution in [3.05, 3.63) is 10.3 Å². The van der Waals surface area contributed by atoms with Crippen molar-refractivity contribution in [3.63, 3.8) is 0 Å². The van der Waals surface area contributed by atoms with E-state index in [0.717, 1.165) is 24.0 Å². The van der Waals surface area contributed by atoms with Crippen molar-refractivity contribution in [2.75, 3.05) is 11.5 Å². The molecule has 0 aliphatic carbocycles. The zero-order valence-electron chi connectivity index (χ0n) is 8.86. The molecule has 0 bridgehead atoms. The fraction of sp³-hybridized carbons (Fsp3) is 0.700. The van der Waals surface area contributed by atoms with Gasteiger partial charge < -0.3 is 0 Å². The van der Waals surface area contributed by atoms with Crippen LogP contribution in [0.5, 0.6) is 0 Å². The molecule has 5 heteroatoms. The Labute approximate surface area is 95.2 Å². The molecule has 0 saturated heterocycles. The predicted octanol–water partition coefficient (Wildman–Crippen LogP) is 2.14. The smallest absolute Gasteiger partial charge is 0.185 e. The molecule has 0 aromatic heterocycles. The van der Waals surface area contributed by atoms with E-state index in [9.17, 15) is 13.2 Å². The number of carbonyl (C=O) groups is 1. The van der Waals surface area contributed by atoms with Gasteiger partial charge in [0, 0.05) is 5.41 Å². The predicted molar refractivity (Wildman–Crippen MR) is 63.5 cm³/mol.